The van der Waals surface area contributed by atoms with Crippen LogP contribution in [0.25, 0.3) is 10.2 Å². The number of carbonyl (C=O) groups is 1. The average molecular weight is 296 g/mol. The Balaban J connectivity index is 2.09. The van der Waals surface area contributed by atoms with Crippen molar-refractivity contribution >= 4 is 33.1 Å². The van der Waals surface area contributed by atoms with Crippen LogP contribution in [0.4, 0.5) is 5.69 Å². The van der Waals surface area contributed by atoms with Crippen molar-refractivity contribution in [1.29, 1.82) is 0 Å². The summed E-state index contributed by atoms with van der Waals surface area (Å²) in [7, 11) is 3.15. The van der Waals surface area contributed by atoms with Crippen LogP contribution in [0.15, 0.2) is 12.3 Å². The molecule has 2 aromatic rings. The quantitative estimate of drug-likeness (QED) is 0.812. The molecule has 20 heavy (non-hydrogen) atoms. The number of amides is 1. The van der Waals surface area contributed by atoms with Gasteiger partial charge in [-0.2, -0.15) is 5.10 Å². The van der Waals surface area contributed by atoms with Crippen LogP contribution >= 0.6 is 11.3 Å². The van der Waals surface area contributed by atoms with Crippen LogP contribution < -0.4 is 11.1 Å². The predicted octanol–water partition coefficient (Wildman–Crippen LogP) is 0.665. The number of nitrogens with one attached hydrogen (secondary N) is 1. The largest absolute Gasteiger partial charge is 0.397 e. The SMILES string of the molecule is COCC(CNC(=O)c1sc2nnccc2c1N)OC. The molecule has 0 saturated carbocycles. The van der Waals surface area contributed by atoms with E-state index in [2.05, 4.69) is 15.5 Å². The number of nitrogen functional groups attached to an aromatic ring is 1. The monoisotopic (exact) mass is 296 g/mol. The number of ether oxygens (including phenoxy) is 2. The minimum absolute atomic E-state index is 0.195. The first-order chi connectivity index (χ1) is 9.67. The van der Waals surface area contributed by atoms with Gasteiger partial charge >= 0.3 is 0 Å². The van der Waals surface area contributed by atoms with Gasteiger partial charge in [0.1, 0.15) is 9.71 Å². The minimum atomic E-state index is -0.247. The molecule has 1 amide bonds. The first kappa shape index (κ1) is 14.6. The summed E-state index contributed by atoms with van der Waals surface area (Å²) >= 11 is 1.22. The van der Waals surface area contributed by atoms with Crippen molar-refractivity contribution in [3.8, 4) is 0 Å². The van der Waals surface area contributed by atoms with Crippen molar-refractivity contribution in [2.45, 2.75) is 6.10 Å². The van der Waals surface area contributed by atoms with E-state index in [1.165, 1.54) is 11.3 Å². The van der Waals surface area contributed by atoms with E-state index in [1.54, 1.807) is 26.5 Å². The maximum atomic E-state index is 12.1. The van der Waals surface area contributed by atoms with Crippen LogP contribution in [-0.4, -0.2) is 49.6 Å². The van der Waals surface area contributed by atoms with Gasteiger partial charge in [-0.15, -0.1) is 16.4 Å². The lowest BCUT2D eigenvalue weighted by atomic mass is 10.2. The fourth-order valence-electron chi connectivity index (χ4n) is 1.72. The number of aromatic nitrogens is 2. The second-order valence-electron chi connectivity index (χ2n) is 4.12. The van der Waals surface area contributed by atoms with Crippen LogP contribution in [0.1, 0.15) is 9.67 Å². The molecule has 108 valence electrons. The molecule has 0 saturated heterocycles. The van der Waals surface area contributed by atoms with Gasteiger partial charge in [-0.3, -0.25) is 4.79 Å². The van der Waals surface area contributed by atoms with Crippen LogP contribution in [0, 0.1) is 0 Å². The zero-order valence-electron chi connectivity index (χ0n) is 11.3. The van der Waals surface area contributed by atoms with Gasteiger partial charge < -0.3 is 20.5 Å². The molecule has 2 aromatic heterocycles. The van der Waals surface area contributed by atoms with Crippen molar-refractivity contribution < 1.29 is 14.3 Å². The Morgan fingerprint density at radius 2 is 2.35 bits per heavy atom. The third-order valence-electron chi connectivity index (χ3n) is 2.80. The number of nitrogens with zero attached hydrogens (tertiary/aromatic N) is 2. The number of nitrogens with two attached hydrogens (primary N) is 1. The highest BCUT2D eigenvalue weighted by Crippen LogP contribution is 2.31. The van der Waals surface area contributed by atoms with Gasteiger partial charge in [0, 0.05) is 26.2 Å². The molecule has 2 rings (SSSR count). The van der Waals surface area contributed by atoms with Crippen LogP contribution in [0.3, 0.4) is 0 Å². The fraction of sp³-hybridized carbons (Fsp3) is 0.417. The first-order valence-electron chi connectivity index (χ1n) is 5.97. The standard InChI is InChI=1S/C12H16N4O3S/c1-18-6-7(19-2)5-14-11(17)10-9(13)8-3-4-15-16-12(8)20-10/h3-4,7H,5-6,13H2,1-2H3,(H,14,17). The highest BCUT2D eigenvalue weighted by atomic mass is 32.1. The van der Waals surface area contributed by atoms with Crippen molar-refractivity contribution in [1.82, 2.24) is 15.5 Å². The second-order valence-corrected chi connectivity index (χ2v) is 5.12. The van der Waals surface area contributed by atoms with E-state index < -0.39 is 0 Å². The summed E-state index contributed by atoms with van der Waals surface area (Å²) in [6.07, 6.45) is 1.35. The van der Waals surface area contributed by atoms with Crippen LogP contribution in [0.2, 0.25) is 0 Å². The maximum absolute atomic E-state index is 12.1. The number of rotatable bonds is 6. The molecule has 0 aromatic carbocycles. The third kappa shape index (κ3) is 3.03. The molecular weight excluding hydrogens is 280 g/mol. The molecule has 3 N–H and O–H groups in total. The van der Waals surface area contributed by atoms with Gasteiger partial charge in [-0.1, -0.05) is 0 Å². The lowest BCUT2D eigenvalue weighted by Gasteiger charge is -2.14. The Kier molecular flexibility index (Phi) is 4.83. The zero-order valence-corrected chi connectivity index (χ0v) is 12.1. The number of hydrogen-bond donors (Lipinski definition) is 2. The lowest BCUT2D eigenvalue weighted by Crippen LogP contribution is -2.35. The number of hydrogen-bond acceptors (Lipinski definition) is 7. The van der Waals surface area contributed by atoms with Crippen LogP contribution in [0.5, 0.6) is 0 Å². The van der Waals surface area contributed by atoms with E-state index in [-0.39, 0.29) is 12.0 Å². The zero-order chi connectivity index (χ0) is 14.5. The summed E-state index contributed by atoms with van der Waals surface area (Å²) in [5.41, 5.74) is 6.39. The molecule has 1 atom stereocenters. The summed E-state index contributed by atoms with van der Waals surface area (Å²) in [5, 5.41) is 11.2. The molecule has 1 unspecified atom stereocenters. The van der Waals surface area contributed by atoms with Crippen molar-refractivity contribution in [2.75, 3.05) is 33.1 Å². The maximum Gasteiger partial charge on any atom is 0.263 e. The highest BCUT2D eigenvalue weighted by molar-refractivity contribution is 7.21. The second kappa shape index (κ2) is 6.60. The summed E-state index contributed by atoms with van der Waals surface area (Å²) in [4.78, 5) is 13.2. The van der Waals surface area contributed by atoms with Gasteiger partial charge in [0.15, 0.2) is 0 Å². The Labute approximate surface area is 120 Å². The first-order valence-corrected chi connectivity index (χ1v) is 6.78. The molecular formula is C12H16N4O3S. The number of methoxy groups -OCH3 is 2. The van der Waals surface area contributed by atoms with E-state index in [1.807, 2.05) is 0 Å². The third-order valence-corrected chi connectivity index (χ3v) is 3.91. The van der Waals surface area contributed by atoms with E-state index >= 15 is 0 Å². The number of anilines is 1. The fourth-order valence-corrected chi connectivity index (χ4v) is 2.68. The predicted molar refractivity (Wildman–Crippen MR) is 76.8 cm³/mol. The molecule has 7 nitrogen and oxygen atoms in total. The number of carbonyl (C=O) groups excluding carboxylic acids is 1. The van der Waals surface area contributed by atoms with Crippen molar-refractivity contribution in [2.24, 2.45) is 0 Å². The van der Waals surface area contributed by atoms with E-state index in [4.69, 9.17) is 15.2 Å². The van der Waals surface area contributed by atoms with Crippen molar-refractivity contribution in [3.05, 3.63) is 17.1 Å². The Bertz CT molecular complexity index is 601. The molecule has 2 heterocycles. The molecule has 0 fully saturated rings. The van der Waals surface area contributed by atoms with E-state index in [0.29, 0.717) is 28.5 Å². The smallest absolute Gasteiger partial charge is 0.263 e. The number of thiophene rings is 1. The van der Waals surface area contributed by atoms with E-state index in [9.17, 15) is 4.79 Å². The van der Waals surface area contributed by atoms with Gasteiger partial charge in [0.25, 0.3) is 5.91 Å². The Hall–Kier alpha value is -1.77. The average Bonchev–Trinajstić information content (AvgIpc) is 2.81. The van der Waals surface area contributed by atoms with Crippen molar-refractivity contribution in [3.63, 3.8) is 0 Å². The van der Waals surface area contributed by atoms with Gasteiger partial charge in [0.05, 0.1) is 24.6 Å². The number of fused-ring (bicyclic) bond motifs is 1. The normalized spacial score (nSPS) is 12.5. The minimum Gasteiger partial charge on any atom is -0.397 e. The molecule has 0 aliphatic heterocycles. The summed E-state index contributed by atoms with van der Waals surface area (Å²) in [6.45, 7) is 0.757. The molecule has 0 bridgehead atoms. The highest BCUT2D eigenvalue weighted by Gasteiger charge is 2.18. The summed E-state index contributed by atoms with van der Waals surface area (Å²) < 4.78 is 10.2. The molecule has 0 radical (unpaired) electrons. The summed E-state index contributed by atoms with van der Waals surface area (Å²) in [5.74, 6) is -0.247. The molecule has 0 spiro atoms. The summed E-state index contributed by atoms with van der Waals surface area (Å²) in [6, 6.07) is 1.74. The van der Waals surface area contributed by atoms with Gasteiger partial charge in [0.2, 0.25) is 0 Å². The van der Waals surface area contributed by atoms with Gasteiger partial charge in [-0.25, -0.2) is 0 Å². The van der Waals surface area contributed by atoms with E-state index in [0.717, 1.165) is 5.39 Å². The Morgan fingerprint density at radius 3 is 3.00 bits per heavy atom. The molecule has 0 aliphatic rings. The van der Waals surface area contributed by atoms with Gasteiger partial charge in [-0.05, 0) is 6.07 Å². The lowest BCUT2D eigenvalue weighted by molar-refractivity contribution is 0.0286. The Morgan fingerprint density at radius 1 is 1.55 bits per heavy atom. The molecule has 8 heteroatoms. The van der Waals surface area contributed by atoms with Crippen LogP contribution in [-0.2, 0) is 9.47 Å². The topological polar surface area (TPSA) is 99.4 Å². The molecule has 0 aliphatic carbocycles.